The van der Waals surface area contributed by atoms with Crippen LogP contribution >= 0.6 is 11.3 Å². The summed E-state index contributed by atoms with van der Waals surface area (Å²) in [7, 11) is 0. The lowest BCUT2D eigenvalue weighted by Crippen LogP contribution is -2.38. The first-order chi connectivity index (χ1) is 13.3. The summed E-state index contributed by atoms with van der Waals surface area (Å²) in [5.41, 5.74) is 2.59. The van der Waals surface area contributed by atoms with Gasteiger partial charge in [0.2, 0.25) is 0 Å². The van der Waals surface area contributed by atoms with Gasteiger partial charge in [-0.1, -0.05) is 30.3 Å². The third kappa shape index (κ3) is 6.97. The Morgan fingerprint density at radius 2 is 2.00 bits per heavy atom. The second-order valence-corrected chi connectivity index (χ2v) is 7.69. The van der Waals surface area contributed by atoms with Crippen LogP contribution in [0.15, 0.2) is 46.8 Å². The fourth-order valence-electron chi connectivity index (χ4n) is 3.11. The van der Waals surface area contributed by atoms with E-state index in [1.807, 2.05) is 0 Å². The normalized spacial score (nSPS) is 15.7. The Kier molecular flexibility index (Phi) is 8.14. The molecule has 2 N–H and O–H groups in total. The summed E-state index contributed by atoms with van der Waals surface area (Å²) in [4.78, 5) is 8.60. The molecule has 1 aromatic carbocycles. The fraction of sp³-hybridized carbons (Fsp3) is 0.476. The molecular formula is C21H30N4OS. The molecular weight excluding hydrogens is 356 g/mol. The molecule has 0 aliphatic carbocycles. The van der Waals surface area contributed by atoms with Crippen LogP contribution in [0.2, 0.25) is 0 Å². The smallest absolute Gasteiger partial charge is 0.191 e. The summed E-state index contributed by atoms with van der Waals surface area (Å²) >= 11 is 1.80. The van der Waals surface area contributed by atoms with Crippen LogP contribution in [0.25, 0.3) is 0 Å². The van der Waals surface area contributed by atoms with E-state index in [9.17, 15) is 0 Å². The van der Waals surface area contributed by atoms with E-state index >= 15 is 0 Å². The molecule has 1 aliphatic heterocycles. The van der Waals surface area contributed by atoms with Crippen molar-refractivity contribution in [2.45, 2.75) is 26.4 Å². The van der Waals surface area contributed by atoms with Gasteiger partial charge in [0.15, 0.2) is 5.96 Å². The molecule has 0 spiro atoms. The Balaban J connectivity index is 1.52. The van der Waals surface area contributed by atoms with Gasteiger partial charge in [-0.25, -0.2) is 4.99 Å². The lowest BCUT2D eigenvalue weighted by Gasteiger charge is -2.26. The van der Waals surface area contributed by atoms with Crippen LogP contribution in [0.3, 0.4) is 0 Å². The standard InChI is InChI=1S/C21H30N4OS/c1-2-22-21(23-9-8-20-7-4-14-27-20)24-16-18-5-3-6-19(15-18)17-25-10-12-26-13-11-25/h3-7,14-15H,2,8-13,16-17H2,1H3,(H2,22,23,24). The van der Waals surface area contributed by atoms with E-state index in [4.69, 9.17) is 9.73 Å². The molecule has 1 aromatic heterocycles. The third-order valence-electron chi connectivity index (χ3n) is 4.51. The fourth-order valence-corrected chi connectivity index (χ4v) is 3.82. The molecule has 146 valence electrons. The summed E-state index contributed by atoms with van der Waals surface area (Å²) in [6.07, 6.45) is 1.02. The van der Waals surface area contributed by atoms with Crippen LogP contribution in [0.1, 0.15) is 22.9 Å². The molecule has 0 saturated carbocycles. The van der Waals surface area contributed by atoms with Crippen molar-refractivity contribution >= 4 is 17.3 Å². The van der Waals surface area contributed by atoms with Crippen LogP contribution in [0, 0.1) is 0 Å². The average molecular weight is 387 g/mol. The van der Waals surface area contributed by atoms with Crippen LogP contribution in [-0.4, -0.2) is 50.3 Å². The number of aliphatic imine (C=N–C) groups is 1. The molecule has 1 saturated heterocycles. The number of ether oxygens (including phenoxy) is 1. The van der Waals surface area contributed by atoms with E-state index in [1.165, 1.54) is 16.0 Å². The first-order valence-electron chi connectivity index (χ1n) is 9.76. The summed E-state index contributed by atoms with van der Waals surface area (Å²) in [6, 6.07) is 13.0. The second-order valence-electron chi connectivity index (χ2n) is 6.66. The number of hydrogen-bond donors (Lipinski definition) is 2. The molecule has 1 fully saturated rings. The maximum Gasteiger partial charge on any atom is 0.191 e. The molecule has 1 aliphatic rings. The number of guanidine groups is 1. The quantitative estimate of drug-likeness (QED) is 0.541. The number of nitrogens with one attached hydrogen (secondary N) is 2. The van der Waals surface area contributed by atoms with Gasteiger partial charge < -0.3 is 15.4 Å². The van der Waals surface area contributed by atoms with E-state index in [-0.39, 0.29) is 0 Å². The summed E-state index contributed by atoms with van der Waals surface area (Å²) in [5, 5.41) is 8.89. The third-order valence-corrected chi connectivity index (χ3v) is 5.45. The number of benzene rings is 1. The van der Waals surface area contributed by atoms with Gasteiger partial charge in [0, 0.05) is 37.6 Å². The number of hydrogen-bond acceptors (Lipinski definition) is 4. The first kappa shape index (κ1) is 19.9. The van der Waals surface area contributed by atoms with Crippen LogP contribution in [-0.2, 0) is 24.2 Å². The molecule has 0 radical (unpaired) electrons. The maximum absolute atomic E-state index is 5.43. The Hall–Kier alpha value is -1.89. The van der Waals surface area contributed by atoms with Crippen molar-refractivity contribution in [1.29, 1.82) is 0 Å². The van der Waals surface area contributed by atoms with E-state index in [2.05, 4.69) is 64.2 Å². The Labute approximate surface area is 166 Å². The number of morpholine rings is 1. The molecule has 0 amide bonds. The predicted octanol–water partition coefficient (Wildman–Crippen LogP) is 2.88. The van der Waals surface area contributed by atoms with E-state index < -0.39 is 0 Å². The maximum atomic E-state index is 5.43. The second kappa shape index (κ2) is 11.1. The van der Waals surface area contributed by atoms with Crippen LogP contribution < -0.4 is 10.6 Å². The van der Waals surface area contributed by atoms with Gasteiger partial charge in [0.1, 0.15) is 0 Å². The van der Waals surface area contributed by atoms with Gasteiger partial charge in [0.25, 0.3) is 0 Å². The molecule has 2 aromatic rings. The van der Waals surface area contributed by atoms with Crippen molar-refractivity contribution in [3.8, 4) is 0 Å². The van der Waals surface area contributed by atoms with Gasteiger partial charge in [-0.2, -0.15) is 0 Å². The monoisotopic (exact) mass is 386 g/mol. The summed E-state index contributed by atoms with van der Waals surface area (Å²) < 4.78 is 5.43. The Bertz CT molecular complexity index is 696. The molecule has 0 bridgehead atoms. The van der Waals surface area contributed by atoms with E-state index in [0.29, 0.717) is 6.54 Å². The Morgan fingerprint density at radius 3 is 2.78 bits per heavy atom. The van der Waals surface area contributed by atoms with Crippen molar-refractivity contribution in [2.24, 2.45) is 4.99 Å². The van der Waals surface area contributed by atoms with Crippen molar-refractivity contribution in [2.75, 3.05) is 39.4 Å². The van der Waals surface area contributed by atoms with Crippen molar-refractivity contribution in [3.63, 3.8) is 0 Å². The minimum atomic E-state index is 0.686. The van der Waals surface area contributed by atoms with E-state index in [1.54, 1.807) is 11.3 Å². The molecule has 5 nitrogen and oxygen atoms in total. The molecule has 27 heavy (non-hydrogen) atoms. The zero-order valence-electron chi connectivity index (χ0n) is 16.1. The summed E-state index contributed by atoms with van der Waals surface area (Å²) in [6.45, 7) is 9.23. The minimum absolute atomic E-state index is 0.686. The predicted molar refractivity (Wildman–Crippen MR) is 113 cm³/mol. The molecule has 2 heterocycles. The highest BCUT2D eigenvalue weighted by atomic mass is 32.1. The number of nitrogens with zero attached hydrogens (tertiary/aromatic N) is 2. The zero-order chi connectivity index (χ0) is 18.7. The molecule has 0 atom stereocenters. The Morgan fingerprint density at radius 1 is 1.15 bits per heavy atom. The minimum Gasteiger partial charge on any atom is -0.379 e. The zero-order valence-corrected chi connectivity index (χ0v) is 16.9. The van der Waals surface area contributed by atoms with Gasteiger partial charge >= 0.3 is 0 Å². The highest BCUT2D eigenvalue weighted by molar-refractivity contribution is 7.09. The van der Waals surface area contributed by atoms with Crippen molar-refractivity contribution in [3.05, 3.63) is 57.8 Å². The first-order valence-corrected chi connectivity index (χ1v) is 10.6. The largest absolute Gasteiger partial charge is 0.379 e. The van der Waals surface area contributed by atoms with Gasteiger partial charge in [-0.05, 0) is 35.9 Å². The van der Waals surface area contributed by atoms with Gasteiger partial charge in [0.05, 0.1) is 19.8 Å². The van der Waals surface area contributed by atoms with Crippen LogP contribution in [0.4, 0.5) is 0 Å². The van der Waals surface area contributed by atoms with Crippen LogP contribution in [0.5, 0.6) is 0 Å². The highest BCUT2D eigenvalue weighted by Gasteiger charge is 2.10. The molecule has 6 heteroatoms. The lowest BCUT2D eigenvalue weighted by atomic mass is 10.1. The average Bonchev–Trinajstić information content (AvgIpc) is 3.21. The van der Waals surface area contributed by atoms with Gasteiger partial charge in [-0.3, -0.25) is 4.90 Å². The van der Waals surface area contributed by atoms with Gasteiger partial charge in [-0.15, -0.1) is 11.3 Å². The summed E-state index contributed by atoms with van der Waals surface area (Å²) in [5.74, 6) is 0.882. The van der Waals surface area contributed by atoms with Crippen molar-refractivity contribution < 1.29 is 4.74 Å². The topological polar surface area (TPSA) is 48.9 Å². The molecule has 3 rings (SSSR count). The molecule has 0 unspecified atom stereocenters. The highest BCUT2D eigenvalue weighted by Crippen LogP contribution is 2.11. The number of rotatable bonds is 8. The lowest BCUT2D eigenvalue weighted by molar-refractivity contribution is 0.0342. The SMILES string of the molecule is CCNC(=NCc1cccc(CN2CCOCC2)c1)NCCc1cccs1. The van der Waals surface area contributed by atoms with Crippen molar-refractivity contribution in [1.82, 2.24) is 15.5 Å². The number of thiophene rings is 1. The van der Waals surface area contributed by atoms with E-state index in [0.717, 1.165) is 58.3 Å².